The van der Waals surface area contributed by atoms with Crippen LogP contribution in [0.15, 0.2) is 103 Å². The summed E-state index contributed by atoms with van der Waals surface area (Å²) in [4.78, 5) is 60.7. The number of aromatic nitrogens is 1. The molecule has 0 spiro atoms. The first-order chi connectivity index (χ1) is 42.1. The summed E-state index contributed by atoms with van der Waals surface area (Å²) in [5.41, 5.74) is 2.81. The number of rotatable bonds is 25. The molecule has 6 aromatic rings. The lowest BCUT2D eigenvalue weighted by atomic mass is 9.91. The van der Waals surface area contributed by atoms with Crippen LogP contribution in [0, 0.1) is 11.8 Å². The van der Waals surface area contributed by atoms with Crippen LogP contribution in [0.1, 0.15) is 60.4 Å². The molecule has 23 heteroatoms. The second-order valence-corrected chi connectivity index (χ2v) is 23.1. The number of alkyl halides is 4. The number of hydrogen-bond donors (Lipinski definition) is 3. The van der Waals surface area contributed by atoms with Crippen molar-refractivity contribution in [2.75, 3.05) is 129 Å². The molecule has 472 valence electrons. The fourth-order valence-electron chi connectivity index (χ4n) is 10.8. The number of halogens is 5. The molecule has 0 aliphatic carbocycles. The average molecular weight is 1240 g/mol. The predicted molar refractivity (Wildman–Crippen MR) is 331 cm³/mol. The van der Waals surface area contributed by atoms with E-state index < -0.39 is 60.6 Å². The standard InChI is InChI=1S/C65H77ClF4N8O10/c1-64(2,3)88-63(82)76(27-11-14-49-39-50-52(73-53-24-28-74(4)40-51(53)67)15-10-16-55(50)78(49)42-65(68,69)70)56-22-20-47(37-57(56)83-6)61(80)72-26-31-86-33-35-87-34-32-85-30-25-71-54-38-48(66)21-19-44(54)23-29-77-58(79)41-75(5)60(62(81)84-7)59(77)46-18-17-43-12-8-9-13-45(43)36-46/h8-10,12-13,15-22,36-39,51,53,59-60,71,73H,23-35,40-42H2,1-7H3,(H,72,80)/t51-,53+,59+,60-/m0/s1. The quantitative estimate of drug-likeness (QED) is 0.0214. The normalized spacial score (nSPS) is 17.5. The number of nitrogens with zero attached hydrogens (tertiary/aromatic N) is 5. The van der Waals surface area contributed by atoms with Crippen LogP contribution in [-0.4, -0.2) is 187 Å². The summed E-state index contributed by atoms with van der Waals surface area (Å²) in [6.45, 7) is 7.05. The Morgan fingerprint density at radius 2 is 1.55 bits per heavy atom. The number of likely N-dealkylation sites (tertiary alicyclic amines) is 1. The number of esters is 1. The van der Waals surface area contributed by atoms with Crippen LogP contribution in [0.3, 0.4) is 0 Å². The van der Waals surface area contributed by atoms with Gasteiger partial charge in [-0.15, -0.1) is 0 Å². The number of hydrogen-bond acceptors (Lipinski definition) is 14. The van der Waals surface area contributed by atoms with E-state index in [1.165, 1.54) is 43.4 Å². The molecule has 4 atom stereocenters. The van der Waals surface area contributed by atoms with Crippen LogP contribution in [0.25, 0.3) is 21.7 Å². The van der Waals surface area contributed by atoms with E-state index in [2.05, 4.69) is 27.8 Å². The van der Waals surface area contributed by atoms with Gasteiger partial charge in [0.1, 0.15) is 30.1 Å². The molecule has 8 rings (SSSR count). The number of carbonyl (C=O) groups is 4. The summed E-state index contributed by atoms with van der Waals surface area (Å²) < 4.78 is 92.1. The molecule has 0 unspecified atom stereocenters. The molecular formula is C65H77ClF4N8O10. The van der Waals surface area contributed by atoms with Gasteiger partial charge < -0.3 is 58.7 Å². The number of ether oxygens (including phenoxy) is 6. The molecule has 2 aliphatic heterocycles. The van der Waals surface area contributed by atoms with Crippen molar-refractivity contribution in [1.29, 1.82) is 0 Å². The Morgan fingerprint density at radius 3 is 2.25 bits per heavy atom. The Kier molecular flexibility index (Phi) is 23.0. The van der Waals surface area contributed by atoms with Crippen LogP contribution in [-0.2, 0) is 46.2 Å². The smallest absolute Gasteiger partial charge is 0.415 e. The molecule has 2 saturated heterocycles. The molecule has 0 radical (unpaired) electrons. The molecule has 2 aliphatic rings. The molecule has 1 aromatic heterocycles. The van der Waals surface area contributed by atoms with Gasteiger partial charge in [-0.3, -0.25) is 24.2 Å². The Balaban J connectivity index is 0.780. The predicted octanol–water partition coefficient (Wildman–Crippen LogP) is 9.76. The molecule has 18 nitrogen and oxygen atoms in total. The van der Waals surface area contributed by atoms with Gasteiger partial charge in [0.2, 0.25) is 5.91 Å². The van der Waals surface area contributed by atoms with Crippen molar-refractivity contribution in [2.45, 2.75) is 76.2 Å². The molecular weight excluding hydrogens is 1160 g/mol. The first-order valence-electron chi connectivity index (χ1n) is 29.2. The number of fused-ring (bicyclic) bond motifs is 2. The Morgan fingerprint density at radius 1 is 0.818 bits per heavy atom. The lowest BCUT2D eigenvalue weighted by Crippen LogP contribution is -2.59. The molecule has 3 heterocycles. The maximum atomic E-state index is 15.1. The summed E-state index contributed by atoms with van der Waals surface area (Å²) in [5, 5.41) is 12.5. The van der Waals surface area contributed by atoms with Gasteiger partial charge in [-0.1, -0.05) is 66.1 Å². The highest BCUT2D eigenvalue weighted by Gasteiger charge is 2.45. The van der Waals surface area contributed by atoms with Crippen molar-refractivity contribution in [1.82, 2.24) is 24.6 Å². The Labute approximate surface area is 515 Å². The number of piperidine rings is 1. The zero-order chi connectivity index (χ0) is 63.1. The summed E-state index contributed by atoms with van der Waals surface area (Å²) in [6, 6.07) is 28.6. The third-order valence-corrected chi connectivity index (χ3v) is 15.3. The summed E-state index contributed by atoms with van der Waals surface area (Å²) >= 11 is 6.44. The van der Waals surface area contributed by atoms with Crippen molar-refractivity contribution in [2.24, 2.45) is 0 Å². The highest BCUT2D eigenvalue weighted by molar-refractivity contribution is 6.30. The number of anilines is 3. The lowest BCUT2D eigenvalue weighted by Gasteiger charge is -2.45. The highest BCUT2D eigenvalue weighted by atomic mass is 35.5. The van der Waals surface area contributed by atoms with Gasteiger partial charge in [-0.05, 0) is 130 Å². The number of amides is 3. The molecule has 0 saturated carbocycles. The van der Waals surface area contributed by atoms with Crippen LogP contribution in [0.5, 0.6) is 5.75 Å². The molecule has 3 N–H and O–H groups in total. The minimum Gasteiger partial charge on any atom is -0.495 e. The summed E-state index contributed by atoms with van der Waals surface area (Å²) in [7, 11) is 6.32. The van der Waals surface area contributed by atoms with E-state index >= 15 is 4.39 Å². The van der Waals surface area contributed by atoms with Crippen molar-refractivity contribution in [3.8, 4) is 17.6 Å². The van der Waals surface area contributed by atoms with Crippen molar-refractivity contribution in [3.05, 3.63) is 131 Å². The Bertz CT molecular complexity index is 3460. The number of likely N-dealkylation sites (N-methyl/N-ethyl adjacent to an activating group) is 1. The molecule has 3 amide bonds. The van der Waals surface area contributed by atoms with E-state index in [4.69, 9.17) is 40.0 Å². The lowest BCUT2D eigenvalue weighted by molar-refractivity contribution is -0.158. The largest absolute Gasteiger partial charge is 0.495 e. The van der Waals surface area contributed by atoms with Crippen LogP contribution in [0.4, 0.5) is 39.4 Å². The fraction of sp³-hybridized carbons (Fsp3) is 0.446. The van der Waals surface area contributed by atoms with Crippen molar-refractivity contribution >= 4 is 74.2 Å². The minimum atomic E-state index is -4.60. The SMILES string of the molecule is COC(=O)[C@@H]1[C@@H](c2ccc3ccccc3c2)N(CCc2ccc(Cl)cc2NCCOCCOCCOCCNC(=O)c2ccc(N(CC#Cc3cc4c(N[C@@H]5CCN(C)C[C@@H]5F)cccc4n3CC(F)(F)F)C(=O)OC(C)(C)C)c(OC)c2)C(=O)CN1C. The third kappa shape index (κ3) is 17.8. The van der Waals surface area contributed by atoms with Gasteiger partial charge in [-0.25, -0.2) is 9.18 Å². The first kappa shape index (κ1) is 66.3. The maximum Gasteiger partial charge on any atom is 0.415 e. The minimum absolute atomic E-state index is 0.0286. The van der Waals surface area contributed by atoms with E-state index in [0.717, 1.165) is 32.2 Å². The number of carbonyl (C=O) groups excluding carboxylic acids is 4. The van der Waals surface area contributed by atoms with E-state index in [0.29, 0.717) is 68.4 Å². The van der Waals surface area contributed by atoms with Crippen LogP contribution < -0.4 is 25.6 Å². The molecule has 88 heavy (non-hydrogen) atoms. The van der Waals surface area contributed by atoms with Gasteiger partial charge in [0.15, 0.2) is 0 Å². The number of methoxy groups -OCH3 is 2. The van der Waals surface area contributed by atoms with Crippen molar-refractivity contribution in [3.63, 3.8) is 0 Å². The highest BCUT2D eigenvalue weighted by Crippen LogP contribution is 2.36. The van der Waals surface area contributed by atoms with E-state index in [-0.39, 0.29) is 80.1 Å². The zero-order valence-electron chi connectivity index (χ0n) is 50.6. The topological polar surface area (TPSA) is 178 Å². The number of nitrogens with one attached hydrogen (secondary N) is 3. The van der Waals surface area contributed by atoms with Gasteiger partial charge in [0.05, 0.1) is 95.9 Å². The average Bonchev–Trinajstić information content (AvgIpc) is 1.41. The van der Waals surface area contributed by atoms with Gasteiger partial charge in [0, 0.05) is 60.1 Å². The zero-order valence-corrected chi connectivity index (χ0v) is 51.4. The second kappa shape index (κ2) is 30.5. The Hall–Kier alpha value is -7.65. The molecule has 0 bridgehead atoms. The van der Waals surface area contributed by atoms with Gasteiger partial charge in [-0.2, -0.15) is 13.2 Å². The maximum absolute atomic E-state index is 15.1. The summed E-state index contributed by atoms with van der Waals surface area (Å²) in [6.07, 6.45) is -5.60. The van der Waals surface area contributed by atoms with E-state index in [9.17, 15) is 32.3 Å². The second-order valence-electron chi connectivity index (χ2n) is 22.6. The van der Waals surface area contributed by atoms with E-state index in [1.54, 1.807) is 55.8 Å². The molecule has 5 aromatic carbocycles. The summed E-state index contributed by atoms with van der Waals surface area (Å²) in [5.74, 6) is 4.88. The van der Waals surface area contributed by atoms with Gasteiger partial charge in [0.25, 0.3) is 5.91 Å². The monoisotopic (exact) mass is 1240 g/mol. The number of piperazine rings is 1. The first-order valence-corrected chi connectivity index (χ1v) is 29.5. The van der Waals surface area contributed by atoms with Crippen molar-refractivity contribution < 1.29 is 65.2 Å². The van der Waals surface area contributed by atoms with Crippen LogP contribution >= 0.6 is 11.6 Å². The fourth-order valence-corrected chi connectivity index (χ4v) is 11.0. The van der Waals surface area contributed by atoms with Crippen LogP contribution in [0.2, 0.25) is 5.02 Å². The number of benzene rings is 5. The van der Waals surface area contributed by atoms with Gasteiger partial charge >= 0.3 is 18.2 Å². The third-order valence-electron chi connectivity index (χ3n) is 15.1. The molecule has 2 fully saturated rings. The van der Waals surface area contributed by atoms with E-state index in [1.807, 2.05) is 72.6 Å².